The molecule has 0 aliphatic carbocycles. The first-order valence-electron chi connectivity index (χ1n) is 5.20. The van der Waals surface area contributed by atoms with E-state index in [4.69, 9.17) is 0 Å². The summed E-state index contributed by atoms with van der Waals surface area (Å²) in [6, 6.07) is 7.67. The first-order chi connectivity index (χ1) is 8.22. The Morgan fingerprint density at radius 1 is 1.41 bits per heavy atom. The van der Waals surface area contributed by atoms with Crippen molar-refractivity contribution in [1.29, 1.82) is 0 Å². The quantitative estimate of drug-likeness (QED) is 0.744. The van der Waals surface area contributed by atoms with Crippen molar-refractivity contribution in [3.05, 3.63) is 30.5 Å². The van der Waals surface area contributed by atoms with Crippen LogP contribution in [0.5, 0.6) is 0 Å². The lowest BCUT2D eigenvalue weighted by molar-refractivity contribution is -0.138. The number of rotatable bonds is 3. The number of hydrogen-bond donors (Lipinski definition) is 0. The number of benzene rings is 1. The second-order valence-electron chi connectivity index (χ2n) is 3.68. The highest BCUT2D eigenvalue weighted by atomic mass is 16.5. The number of fused-ring (bicyclic) bond motifs is 1. The van der Waals surface area contributed by atoms with Crippen LogP contribution in [0, 0.1) is 0 Å². The van der Waals surface area contributed by atoms with Gasteiger partial charge in [-0.05, 0) is 6.07 Å². The molecule has 2 aromatic rings. The molecule has 0 aliphatic heterocycles. The lowest BCUT2D eigenvalue weighted by atomic mass is 10.2. The Balaban J connectivity index is 2.38. The normalized spacial score (nSPS) is 10.2. The van der Waals surface area contributed by atoms with Crippen molar-refractivity contribution < 1.29 is 9.53 Å². The fourth-order valence-electron chi connectivity index (χ4n) is 1.64. The summed E-state index contributed by atoms with van der Waals surface area (Å²) in [6.45, 7) is 0.187. The van der Waals surface area contributed by atoms with Gasteiger partial charge in [0.2, 0.25) is 0 Å². The van der Waals surface area contributed by atoms with Crippen molar-refractivity contribution in [2.24, 2.45) is 0 Å². The van der Waals surface area contributed by atoms with E-state index in [9.17, 15) is 4.79 Å². The van der Waals surface area contributed by atoms with Crippen LogP contribution in [0.4, 0.5) is 5.69 Å². The number of aromatic nitrogens is 2. The third-order valence-corrected chi connectivity index (χ3v) is 2.53. The van der Waals surface area contributed by atoms with Gasteiger partial charge in [0.1, 0.15) is 6.54 Å². The van der Waals surface area contributed by atoms with Gasteiger partial charge in [0, 0.05) is 12.4 Å². The molecular formula is C12H13N3O2. The summed E-state index contributed by atoms with van der Waals surface area (Å²) in [4.78, 5) is 13.0. The number of hydrogen-bond acceptors (Lipinski definition) is 5. The van der Waals surface area contributed by atoms with Crippen LogP contribution < -0.4 is 4.90 Å². The highest BCUT2D eigenvalue weighted by Crippen LogP contribution is 2.22. The Bertz CT molecular complexity index is 537. The summed E-state index contributed by atoms with van der Waals surface area (Å²) >= 11 is 0. The van der Waals surface area contributed by atoms with Gasteiger partial charge in [-0.25, -0.2) is 0 Å². The molecule has 0 spiro atoms. The Kier molecular flexibility index (Phi) is 3.18. The summed E-state index contributed by atoms with van der Waals surface area (Å²) in [5, 5.41) is 8.92. The minimum Gasteiger partial charge on any atom is -0.468 e. The summed E-state index contributed by atoms with van der Waals surface area (Å²) in [6.07, 6.45) is 1.64. The molecule has 5 nitrogen and oxygen atoms in total. The van der Waals surface area contributed by atoms with Gasteiger partial charge in [0.05, 0.1) is 24.5 Å². The summed E-state index contributed by atoms with van der Waals surface area (Å²) in [7, 11) is 3.19. The number of esters is 1. The molecule has 0 saturated heterocycles. The predicted molar refractivity (Wildman–Crippen MR) is 64.8 cm³/mol. The van der Waals surface area contributed by atoms with Crippen LogP contribution in [0.3, 0.4) is 0 Å². The predicted octanol–water partition coefficient (Wildman–Crippen LogP) is 1.24. The van der Waals surface area contributed by atoms with E-state index in [0.29, 0.717) is 0 Å². The van der Waals surface area contributed by atoms with Gasteiger partial charge in [-0.3, -0.25) is 4.79 Å². The number of carbonyl (C=O) groups excluding carboxylic acids is 1. The zero-order valence-corrected chi connectivity index (χ0v) is 9.75. The molecule has 17 heavy (non-hydrogen) atoms. The van der Waals surface area contributed by atoms with Crippen molar-refractivity contribution in [2.75, 3.05) is 25.6 Å². The highest BCUT2D eigenvalue weighted by molar-refractivity contribution is 5.92. The maximum atomic E-state index is 11.2. The standard InChI is InChI=1S/C12H13N3O2/c1-15(8-12(16)17-2)11-7-13-14-10-6-4-3-5-9(10)11/h3-7H,8H2,1-2H3. The van der Waals surface area contributed by atoms with E-state index >= 15 is 0 Å². The van der Waals surface area contributed by atoms with Crippen LogP contribution in [0.2, 0.25) is 0 Å². The number of likely N-dealkylation sites (N-methyl/N-ethyl adjacent to an activating group) is 1. The minimum absolute atomic E-state index is 0.187. The molecule has 0 unspecified atom stereocenters. The van der Waals surface area contributed by atoms with Gasteiger partial charge in [0.15, 0.2) is 0 Å². The Labute approximate surface area is 99.0 Å². The van der Waals surface area contributed by atoms with E-state index in [1.807, 2.05) is 31.3 Å². The monoisotopic (exact) mass is 231 g/mol. The Morgan fingerprint density at radius 3 is 2.94 bits per heavy atom. The van der Waals surface area contributed by atoms with Gasteiger partial charge < -0.3 is 9.64 Å². The van der Waals surface area contributed by atoms with Gasteiger partial charge in [-0.2, -0.15) is 10.2 Å². The van der Waals surface area contributed by atoms with Crippen LogP contribution in [0.15, 0.2) is 30.5 Å². The van der Waals surface area contributed by atoms with Crippen LogP contribution >= 0.6 is 0 Å². The van der Waals surface area contributed by atoms with Gasteiger partial charge >= 0.3 is 5.97 Å². The summed E-state index contributed by atoms with van der Waals surface area (Å²) < 4.78 is 4.64. The van der Waals surface area contributed by atoms with E-state index in [0.717, 1.165) is 16.6 Å². The van der Waals surface area contributed by atoms with Gasteiger partial charge in [-0.1, -0.05) is 18.2 Å². The molecule has 1 aromatic carbocycles. The molecule has 0 saturated carbocycles. The first-order valence-corrected chi connectivity index (χ1v) is 5.20. The zero-order chi connectivity index (χ0) is 12.3. The van der Waals surface area contributed by atoms with Crippen LogP contribution in [0.25, 0.3) is 10.9 Å². The molecular weight excluding hydrogens is 218 g/mol. The summed E-state index contributed by atoms with van der Waals surface area (Å²) in [5.41, 5.74) is 1.67. The molecule has 88 valence electrons. The van der Waals surface area contributed by atoms with Crippen molar-refractivity contribution in [1.82, 2.24) is 10.2 Å². The lowest BCUT2D eigenvalue weighted by Gasteiger charge is -2.18. The molecule has 0 N–H and O–H groups in total. The van der Waals surface area contributed by atoms with Crippen molar-refractivity contribution in [2.45, 2.75) is 0 Å². The van der Waals surface area contributed by atoms with E-state index in [1.165, 1.54) is 7.11 Å². The van der Waals surface area contributed by atoms with E-state index in [2.05, 4.69) is 14.9 Å². The van der Waals surface area contributed by atoms with Crippen LogP contribution in [-0.4, -0.2) is 36.9 Å². The molecule has 0 bridgehead atoms. The number of anilines is 1. The average Bonchev–Trinajstić information content (AvgIpc) is 2.37. The van der Waals surface area contributed by atoms with Crippen molar-refractivity contribution in [3.8, 4) is 0 Å². The third kappa shape index (κ3) is 2.33. The molecule has 0 fully saturated rings. The highest BCUT2D eigenvalue weighted by Gasteiger charge is 2.10. The van der Waals surface area contributed by atoms with Crippen molar-refractivity contribution in [3.63, 3.8) is 0 Å². The fraction of sp³-hybridized carbons (Fsp3) is 0.250. The molecule has 1 heterocycles. The van der Waals surface area contributed by atoms with Crippen molar-refractivity contribution >= 4 is 22.6 Å². The Morgan fingerprint density at radius 2 is 2.18 bits per heavy atom. The molecule has 2 rings (SSSR count). The van der Waals surface area contributed by atoms with Gasteiger partial charge in [0.25, 0.3) is 0 Å². The fourth-order valence-corrected chi connectivity index (χ4v) is 1.64. The number of ether oxygens (including phenoxy) is 1. The van der Waals surface area contributed by atoms with E-state index < -0.39 is 0 Å². The minimum atomic E-state index is -0.284. The molecule has 0 atom stereocenters. The smallest absolute Gasteiger partial charge is 0.325 e. The molecule has 0 aliphatic rings. The molecule has 5 heteroatoms. The second-order valence-corrected chi connectivity index (χ2v) is 3.68. The molecule has 0 radical (unpaired) electrons. The first kappa shape index (κ1) is 11.3. The summed E-state index contributed by atoms with van der Waals surface area (Å²) in [5.74, 6) is -0.284. The second kappa shape index (κ2) is 4.78. The Hall–Kier alpha value is -2.17. The lowest BCUT2D eigenvalue weighted by Crippen LogP contribution is -2.26. The SMILES string of the molecule is COC(=O)CN(C)c1cnnc2ccccc12. The maximum Gasteiger partial charge on any atom is 0.325 e. The number of carbonyl (C=O) groups is 1. The third-order valence-electron chi connectivity index (χ3n) is 2.53. The molecule has 0 amide bonds. The van der Waals surface area contributed by atoms with E-state index in [1.54, 1.807) is 11.1 Å². The average molecular weight is 231 g/mol. The number of methoxy groups -OCH3 is 1. The number of nitrogens with zero attached hydrogens (tertiary/aromatic N) is 3. The molecule has 1 aromatic heterocycles. The topological polar surface area (TPSA) is 55.3 Å². The largest absolute Gasteiger partial charge is 0.468 e. The maximum absolute atomic E-state index is 11.2. The van der Waals surface area contributed by atoms with E-state index in [-0.39, 0.29) is 12.5 Å². The van der Waals surface area contributed by atoms with Gasteiger partial charge in [-0.15, -0.1) is 0 Å². The van der Waals surface area contributed by atoms with Crippen LogP contribution in [0.1, 0.15) is 0 Å². The zero-order valence-electron chi connectivity index (χ0n) is 9.75. The van der Waals surface area contributed by atoms with Crippen LogP contribution in [-0.2, 0) is 9.53 Å².